The van der Waals surface area contributed by atoms with Crippen molar-refractivity contribution in [3.8, 4) is 0 Å². The zero-order valence-corrected chi connectivity index (χ0v) is 14.1. The van der Waals surface area contributed by atoms with Crippen LogP contribution in [0.15, 0.2) is 29.8 Å². The molecule has 0 bridgehead atoms. The molecule has 1 saturated heterocycles. The highest BCUT2D eigenvalue weighted by Gasteiger charge is 2.16. The molecule has 1 aromatic rings. The van der Waals surface area contributed by atoms with Gasteiger partial charge < -0.3 is 15.0 Å². The van der Waals surface area contributed by atoms with Crippen LogP contribution in [-0.4, -0.2) is 32.2 Å². The lowest BCUT2D eigenvalue weighted by molar-refractivity contribution is -0.112. The summed E-state index contributed by atoms with van der Waals surface area (Å²) in [6, 6.07) is 5.66. The lowest BCUT2D eigenvalue weighted by atomic mass is 9.94. The molecule has 2 fully saturated rings. The van der Waals surface area contributed by atoms with Crippen LogP contribution in [0, 0.1) is 0 Å². The largest absolute Gasteiger partial charge is 0.378 e. The molecule has 1 N–H and O–H groups in total. The van der Waals surface area contributed by atoms with E-state index in [0.29, 0.717) is 18.2 Å². The van der Waals surface area contributed by atoms with E-state index in [1.54, 1.807) is 6.08 Å². The molecule has 1 saturated carbocycles. The molecule has 5 heteroatoms. The quantitative estimate of drug-likeness (QED) is 0.849. The molecule has 0 radical (unpaired) electrons. The molecule has 0 unspecified atom stereocenters. The molecule has 1 amide bonds. The zero-order valence-electron chi connectivity index (χ0n) is 13.3. The monoisotopic (exact) mass is 334 g/mol. The first-order valence-corrected chi connectivity index (χ1v) is 8.73. The average Bonchev–Trinajstić information content (AvgIpc) is 2.56. The molecule has 1 heterocycles. The molecule has 1 aliphatic carbocycles. The predicted octanol–water partition coefficient (Wildman–Crippen LogP) is 4.01. The molecule has 3 rings (SSSR count). The Labute approximate surface area is 142 Å². The molecule has 0 aromatic heterocycles. The van der Waals surface area contributed by atoms with E-state index in [-0.39, 0.29) is 5.91 Å². The van der Waals surface area contributed by atoms with Crippen molar-refractivity contribution >= 4 is 28.9 Å². The van der Waals surface area contributed by atoms with Crippen LogP contribution in [-0.2, 0) is 9.53 Å². The molecule has 23 heavy (non-hydrogen) atoms. The van der Waals surface area contributed by atoms with Crippen LogP contribution in [0.5, 0.6) is 0 Å². The number of rotatable bonds is 3. The van der Waals surface area contributed by atoms with Gasteiger partial charge in [-0.05, 0) is 43.9 Å². The third-order valence-electron chi connectivity index (χ3n) is 4.40. The normalized spacial score (nSPS) is 18.7. The second-order valence-electron chi connectivity index (χ2n) is 6.11. The number of carbonyl (C=O) groups excluding carboxylic acids is 1. The van der Waals surface area contributed by atoms with Gasteiger partial charge in [0.15, 0.2) is 0 Å². The fourth-order valence-electron chi connectivity index (χ4n) is 3.19. The number of nitrogens with one attached hydrogen (secondary N) is 1. The van der Waals surface area contributed by atoms with E-state index >= 15 is 0 Å². The zero-order chi connectivity index (χ0) is 16.1. The number of carbonyl (C=O) groups is 1. The van der Waals surface area contributed by atoms with Crippen LogP contribution in [0.3, 0.4) is 0 Å². The summed E-state index contributed by atoms with van der Waals surface area (Å²) < 4.78 is 5.40. The van der Waals surface area contributed by atoms with Gasteiger partial charge in [0.25, 0.3) is 0 Å². The number of hydrogen-bond acceptors (Lipinski definition) is 3. The minimum Gasteiger partial charge on any atom is -0.378 e. The van der Waals surface area contributed by atoms with Gasteiger partial charge >= 0.3 is 0 Å². The smallest absolute Gasteiger partial charge is 0.248 e. The van der Waals surface area contributed by atoms with Crippen molar-refractivity contribution in [2.75, 3.05) is 36.5 Å². The van der Waals surface area contributed by atoms with Crippen molar-refractivity contribution in [2.45, 2.75) is 32.1 Å². The van der Waals surface area contributed by atoms with Gasteiger partial charge in [-0.15, -0.1) is 0 Å². The first-order valence-electron chi connectivity index (χ1n) is 8.35. The van der Waals surface area contributed by atoms with E-state index in [0.717, 1.165) is 37.3 Å². The predicted molar refractivity (Wildman–Crippen MR) is 94.3 cm³/mol. The average molecular weight is 335 g/mol. The summed E-state index contributed by atoms with van der Waals surface area (Å²) in [6.45, 7) is 3.07. The second-order valence-corrected chi connectivity index (χ2v) is 6.55. The van der Waals surface area contributed by atoms with Crippen LogP contribution < -0.4 is 10.2 Å². The second kappa shape index (κ2) is 7.84. The molecule has 124 valence electrons. The first-order chi connectivity index (χ1) is 11.2. The van der Waals surface area contributed by atoms with Gasteiger partial charge in [0, 0.05) is 24.2 Å². The van der Waals surface area contributed by atoms with Gasteiger partial charge in [0.2, 0.25) is 5.91 Å². The van der Waals surface area contributed by atoms with Crippen molar-refractivity contribution in [1.29, 1.82) is 0 Å². The summed E-state index contributed by atoms with van der Waals surface area (Å²) in [4.78, 5) is 14.6. The minimum absolute atomic E-state index is 0.0568. The summed E-state index contributed by atoms with van der Waals surface area (Å²) in [5, 5.41) is 3.64. The number of nitrogens with zero attached hydrogens (tertiary/aromatic N) is 1. The van der Waals surface area contributed by atoms with Crippen molar-refractivity contribution in [1.82, 2.24) is 0 Å². The summed E-state index contributed by atoms with van der Waals surface area (Å²) in [5.74, 6) is -0.0568. The Kier molecular flexibility index (Phi) is 5.57. The summed E-state index contributed by atoms with van der Waals surface area (Å²) in [7, 11) is 0. The molecule has 2 aliphatic rings. The van der Waals surface area contributed by atoms with Crippen LogP contribution in [0.25, 0.3) is 0 Å². The highest BCUT2D eigenvalue weighted by molar-refractivity contribution is 6.31. The van der Waals surface area contributed by atoms with Gasteiger partial charge in [-0.3, -0.25) is 4.79 Å². The maximum absolute atomic E-state index is 12.4. The Morgan fingerprint density at radius 2 is 1.91 bits per heavy atom. The van der Waals surface area contributed by atoms with Crippen molar-refractivity contribution < 1.29 is 9.53 Å². The number of ether oxygens (including phenoxy) is 1. The highest BCUT2D eigenvalue weighted by Crippen LogP contribution is 2.30. The maximum Gasteiger partial charge on any atom is 0.248 e. The summed E-state index contributed by atoms with van der Waals surface area (Å²) >= 11 is 6.12. The number of morpholine rings is 1. The van der Waals surface area contributed by atoms with Crippen LogP contribution >= 0.6 is 11.6 Å². The number of amides is 1. The Bertz CT molecular complexity index is 587. The SMILES string of the molecule is O=C(C=C1CCCCC1)Nc1cc(Cl)ccc1N1CCOCC1. The Hall–Kier alpha value is -1.52. The number of benzene rings is 1. The van der Waals surface area contributed by atoms with Crippen LogP contribution in [0.4, 0.5) is 11.4 Å². The van der Waals surface area contributed by atoms with Crippen molar-refractivity contribution in [3.05, 3.63) is 34.9 Å². The van der Waals surface area contributed by atoms with Crippen molar-refractivity contribution in [2.24, 2.45) is 0 Å². The Balaban J connectivity index is 1.75. The summed E-state index contributed by atoms with van der Waals surface area (Å²) in [6.07, 6.45) is 7.50. The molecule has 4 nitrogen and oxygen atoms in total. The molecule has 1 aromatic carbocycles. The van der Waals surface area contributed by atoms with E-state index in [9.17, 15) is 4.79 Å². The minimum atomic E-state index is -0.0568. The Morgan fingerprint density at radius 3 is 2.65 bits per heavy atom. The summed E-state index contributed by atoms with van der Waals surface area (Å²) in [5.41, 5.74) is 3.04. The molecular formula is C18H23ClN2O2. The number of hydrogen-bond donors (Lipinski definition) is 1. The van der Waals surface area contributed by atoms with Gasteiger partial charge in [-0.1, -0.05) is 23.6 Å². The number of halogens is 1. The van der Waals surface area contributed by atoms with E-state index in [1.807, 2.05) is 18.2 Å². The van der Waals surface area contributed by atoms with Crippen LogP contribution in [0.1, 0.15) is 32.1 Å². The highest BCUT2D eigenvalue weighted by atomic mass is 35.5. The third kappa shape index (κ3) is 4.49. The van der Waals surface area contributed by atoms with E-state index < -0.39 is 0 Å². The fraction of sp³-hybridized carbons (Fsp3) is 0.500. The number of anilines is 2. The van der Waals surface area contributed by atoms with E-state index in [2.05, 4.69) is 10.2 Å². The topological polar surface area (TPSA) is 41.6 Å². The Morgan fingerprint density at radius 1 is 1.17 bits per heavy atom. The van der Waals surface area contributed by atoms with Gasteiger partial charge in [-0.25, -0.2) is 0 Å². The maximum atomic E-state index is 12.4. The van der Waals surface area contributed by atoms with Crippen LogP contribution in [0.2, 0.25) is 5.02 Å². The number of allylic oxidation sites excluding steroid dienone is 1. The van der Waals surface area contributed by atoms with E-state index in [1.165, 1.54) is 24.8 Å². The molecular weight excluding hydrogens is 312 g/mol. The lowest BCUT2D eigenvalue weighted by Gasteiger charge is -2.30. The fourth-order valence-corrected chi connectivity index (χ4v) is 3.36. The lowest BCUT2D eigenvalue weighted by Crippen LogP contribution is -2.36. The third-order valence-corrected chi connectivity index (χ3v) is 4.63. The van der Waals surface area contributed by atoms with Gasteiger partial charge in [-0.2, -0.15) is 0 Å². The molecule has 0 spiro atoms. The van der Waals surface area contributed by atoms with Crippen molar-refractivity contribution in [3.63, 3.8) is 0 Å². The van der Waals surface area contributed by atoms with Gasteiger partial charge in [0.05, 0.1) is 24.6 Å². The standard InChI is InChI=1S/C18H23ClN2O2/c19-15-6-7-17(21-8-10-23-11-9-21)16(13-15)20-18(22)12-14-4-2-1-3-5-14/h6-7,12-13H,1-5,8-11H2,(H,20,22). The van der Waals surface area contributed by atoms with E-state index in [4.69, 9.17) is 16.3 Å². The van der Waals surface area contributed by atoms with Gasteiger partial charge in [0.1, 0.15) is 0 Å². The molecule has 0 atom stereocenters. The first kappa shape index (κ1) is 16.3. The molecule has 1 aliphatic heterocycles.